The van der Waals surface area contributed by atoms with Crippen LogP contribution in [0.25, 0.3) is 0 Å². The van der Waals surface area contributed by atoms with E-state index in [0.29, 0.717) is 22.7 Å². The van der Waals surface area contributed by atoms with Crippen molar-refractivity contribution in [1.82, 2.24) is 9.97 Å². The molecule has 2 heterocycles. The maximum atomic E-state index is 13.3. The number of rotatable bonds is 7. The van der Waals surface area contributed by atoms with Crippen LogP contribution >= 0.6 is 0 Å². The quantitative estimate of drug-likeness (QED) is 0.418. The molecular formula is C25H23F3N6O4. The highest BCUT2D eigenvalue weighted by atomic mass is 19.4. The van der Waals surface area contributed by atoms with Crippen molar-refractivity contribution >= 4 is 40.8 Å². The number of methoxy groups -OCH3 is 2. The molecule has 1 aromatic heterocycles. The summed E-state index contributed by atoms with van der Waals surface area (Å²) < 4.78 is 50.6. The van der Waals surface area contributed by atoms with Crippen molar-refractivity contribution in [2.75, 3.05) is 41.7 Å². The number of urea groups is 1. The Kier molecular flexibility index (Phi) is 7.10. The van der Waals surface area contributed by atoms with Gasteiger partial charge in [0.15, 0.2) is 0 Å². The van der Waals surface area contributed by atoms with Crippen LogP contribution in [-0.2, 0) is 17.5 Å². The van der Waals surface area contributed by atoms with Gasteiger partial charge in [-0.15, -0.1) is 0 Å². The fourth-order valence-electron chi connectivity index (χ4n) is 3.76. The van der Waals surface area contributed by atoms with Crippen LogP contribution in [0.1, 0.15) is 11.1 Å². The topological polar surface area (TPSA) is 109 Å². The Balaban J connectivity index is 1.67. The van der Waals surface area contributed by atoms with Gasteiger partial charge in [0.05, 0.1) is 43.4 Å². The highest BCUT2D eigenvalue weighted by molar-refractivity contribution is 6.05. The zero-order valence-electron chi connectivity index (χ0n) is 20.6. The Labute approximate surface area is 215 Å². The summed E-state index contributed by atoms with van der Waals surface area (Å²) in [7, 11) is 4.51. The summed E-state index contributed by atoms with van der Waals surface area (Å²) in [5, 5.41) is 5.16. The van der Waals surface area contributed by atoms with Crippen LogP contribution in [-0.4, -0.2) is 43.2 Å². The molecule has 0 atom stereocenters. The molecule has 13 heteroatoms. The molecule has 1 aliphatic heterocycles. The van der Waals surface area contributed by atoms with Gasteiger partial charge >= 0.3 is 12.2 Å². The number of carbonyl (C=O) groups is 2. The second-order valence-corrected chi connectivity index (χ2v) is 8.12. The molecule has 38 heavy (non-hydrogen) atoms. The van der Waals surface area contributed by atoms with Crippen molar-refractivity contribution in [3.63, 3.8) is 0 Å². The minimum atomic E-state index is -4.62. The second kappa shape index (κ2) is 10.3. The third-order valence-electron chi connectivity index (χ3n) is 5.69. The van der Waals surface area contributed by atoms with Crippen LogP contribution in [0.2, 0.25) is 0 Å². The van der Waals surface area contributed by atoms with Crippen LogP contribution in [0.5, 0.6) is 11.5 Å². The zero-order chi connectivity index (χ0) is 27.6. The van der Waals surface area contributed by atoms with E-state index in [1.165, 1.54) is 37.3 Å². The van der Waals surface area contributed by atoms with Gasteiger partial charge in [0.1, 0.15) is 17.3 Å². The van der Waals surface area contributed by atoms with Gasteiger partial charge in [-0.2, -0.15) is 18.2 Å². The van der Waals surface area contributed by atoms with Crippen molar-refractivity contribution in [1.29, 1.82) is 0 Å². The number of nitrogens with zero attached hydrogens (tertiary/aromatic N) is 4. The molecule has 0 saturated heterocycles. The van der Waals surface area contributed by atoms with E-state index in [-0.39, 0.29) is 29.7 Å². The molecule has 0 saturated carbocycles. The maximum absolute atomic E-state index is 13.3. The fourth-order valence-corrected chi connectivity index (χ4v) is 3.76. The normalized spacial score (nSPS) is 13.1. The Morgan fingerprint density at radius 1 is 1.11 bits per heavy atom. The lowest BCUT2D eigenvalue weighted by molar-refractivity contribution is -0.137. The zero-order valence-corrected chi connectivity index (χ0v) is 20.6. The van der Waals surface area contributed by atoms with Gasteiger partial charge in [-0.1, -0.05) is 6.58 Å². The van der Waals surface area contributed by atoms with Crippen LogP contribution in [0.3, 0.4) is 0 Å². The van der Waals surface area contributed by atoms with Crippen LogP contribution in [0, 0.1) is 0 Å². The summed E-state index contributed by atoms with van der Waals surface area (Å²) in [5.41, 5.74) is 0.143. The largest absolute Gasteiger partial charge is 0.497 e. The third kappa shape index (κ3) is 5.31. The molecule has 1 aliphatic rings. The highest BCUT2D eigenvalue weighted by Gasteiger charge is 2.33. The first-order valence-corrected chi connectivity index (χ1v) is 11.1. The number of hydrogen-bond acceptors (Lipinski definition) is 7. The Bertz CT molecular complexity index is 1390. The van der Waals surface area contributed by atoms with Gasteiger partial charge < -0.3 is 20.1 Å². The van der Waals surface area contributed by atoms with E-state index in [2.05, 4.69) is 27.2 Å². The average Bonchev–Trinajstić information content (AvgIpc) is 2.90. The Morgan fingerprint density at radius 2 is 1.79 bits per heavy atom. The van der Waals surface area contributed by atoms with E-state index < -0.39 is 23.7 Å². The molecule has 3 aromatic rings. The van der Waals surface area contributed by atoms with Gasteiger partial charge in [0.25, 0.3) is 0 Å². The summed E-state index contributed by atoms with van der Waals surface area (Å²) in [6.45, 7) is 3.47. The number of fused-ring (bicyclic) bond motifs is 1. The number of carbonyl (C=O) groups excluding carboxylic acids is 2. The third-order valence-corrected chi connectivity index (χ3v) is 5.69. The Hall–Kier alpha value is -4.81. The lowest BCUT2D eigenvalue weighted by Gasteiger charge is -2.34. The van der Waals surface area contributed by atoms with E-state index in [1.807, 2.05) is 0 Å². The van der Waals surface area contributed by atoms with E-state index >= 15 is 0 Å². The first-order valence-electron chi connectivity index (χ1n) is 11.1. The number of anilines is 5. The number of benzene rings is 2. The molecule has 0 unspecified atom stereocenters. The summed E-state index contributed by atoms with van der Waals surface area (Å²) in [6, 6.07) is 7.42. The number of halogens is 3. The SMILES string of the molecule is C=CC(=O)Nc1ccc(C(F)(F)F)cc1Nc1ncc2c(n1)N(C)C(=O)N(c1cc(OC)cc(OC)c1)C2. The monoisotopic (exact) mass is 528 g/mol. The minimum Gasteiger partial charge on any atom is -0.497 e. The maximum Gasteiger partial charge on any atom is 0.416 e. The molecule has 4 rings (SSSR count). The van der Waals surface area contributed by atoms with E-state index in [9.17, 15) is 22.8 Å². The van der Waals surface area contributed by atoms with E-state index in [0.717, 1.165) is 24.3 Å². The summed E-state index contributed by atoms with van der Waals surface area (Å²) in [6.07, 6.45) is -2.16. The van der Waals surface area contributed by atoms with Crippen molar-refractivity contribution in [2.24, 2.45) is 0 Å². The number of alkyl halides is 3. The predicted octanol–water partition coefficient (Wildman–Crippen LogP) is 4.96. The lowest BCUT2D eigenvalue weighted by atomic mass is 10.1. The smallest absolute Gasteiger partial charge is 0.416 e. The number of aromatic nitrogens is 2. The average molecular weight is 528 g/mol. The van der Waals surface area contributed by atoms with Crippen LogP contribution in [0.4, 0.5) is 46.8 Å². The molecule has 2 N–H and O–H groups in total. The molecular weight excluding hydrogens is 505 g/mol. The number of nitrogens with one attached hydrogen (secondary N) is 2. The molecule has 2 aromatic carbocycles. The van der Waals surface area contributed by atoms with Crippen molar-refractivity contribution in [3.8, 4) is 11.5 Å². The molecule has 0 bridgehead atoms. The van der Waals surface area contributed by atoms with E-state index in [4.69, 9.17) is 9.47 Å². The first-order chi connectivity index (χ1) is 18.0. The molecule has 3 amide bonds. The Morgan fingerprint density at radius 3 is 2.39 bits per heavy atom. The summed E-state index contributed by atoms with van der Waals surface area (Å²) in [5.74, 6) is 0.572. The standard InChI is InChI=1S/C25H23F3N6O4/c1-5-21(35)30-19-7-6-15(25(26,27)28)8-20(19)31-23-29-12-14-13-34(24(36)33(2)22(14)32-23)16-9-17(37-3)11-18(10-16)38-4/h5-12H,1,13H2,2-4H3,(H,30,35)(H,29,31,32). The lowest BCUT2D eigenvalue weighted by Crippen LogP contribution is -2.46. The number of hydrogen-bond donors (Lipinski definition) is 2. The van der Waals surface area contributed by atoms with E-state index in [1.54, 1.807) is 18.2 Å². The predicted molar refractivity (Wildman–Crippen MR) is 135 cm³/mol. The van der Waals surface area contributed by atoms with Crippen molar-refractivity contribution in [2.45, 2.75) is 12.7 Å². The molecule has 0 spiro atoms. The molecule has 198 valence electrons. The molecule has 0 radical (unpaired) electrons. The summed E-state index contributed by atoms with van der Waals surface area (Å²) in [4.78, 5) is 36.4. The fraction of sp³-hybridized carbons (Fsp3) is 0.200. The summed E-state index contributed by atoms with van der Waals surface area (Å²) >= 11 is 0. The van der Waals surface area contributed by atoms with Gasteiger partial charge in [-0.05, 0) is 24.3 Å². The number of ether oxygens (including phenoxy) is 2. The first kappa shape index (κ1) is 26.3. The van der Waals surface area contributed by atoms with Gasteiger partial charge in [-0.3, -0.25) is 14.6 Å². The minimum absolute atomic E-state index is 0.0619. The van der Waals surface area contributed by atoms with Crippen LogP contribution < -0.4 is 29.9 Å². The molecule has 10 nitrogen and oxygen atoms in total. The molecule has 0 fully saturated rings. The molecule has 0 aliphatic carbocycles. The van der Waals surface area contributed by atoms with Crippen LogP contribution in [0.15, 0.2) is 55.3 Å². The van der Waals surface area contributed by atoms with Crippen molar-refractivity contribution < 1.29 is 32.2 Å². The van der Waals surface area contributed by atoms with Gasteiger partial charge in [0.2, 0.25) is 11.9 Å². The van der Waals surface area contributed by atoms with Gasteiger partial charge in [-0.25, -0.2) is 9.78 Å². The van der Waals surface area contributed by atoms with Gasteiger partial charge in [0, 0.05) is 37.0 Å². The highest BCUT2D eigenvalue weighted by Crippen LogP contribution is 2.37. The number of amides is 3. The van der Waals surface area contributed by atoms with Crippen molar-refractivity contribution in [3.05, 3.63) is 66.4 Å². The second-order valence-electron chi connectivity index (χ2n) is 8.12.